The van der Waals surface area contributed by atoms with Gasteiger partial charge in [-0.05, 0) is 41.5 Å². The van der Waals surface area contributed by atoms with Gasteiger partial charge in [-0.1, -0.05) is 30.3 Å². The number of carbonyl (C=O) groups is 1. The number of carbonyl (C=O) groups excluding carboxylic acids is 1. The first-order chi connectivity index (χ1) is 16.1. The molecule has 2 aromatic carbocycles. The number of rotatable bonds is 8. The van der Waals surface area contributed by atoms with E-state index < -0.39 is 0 Å². The molecule has 0 aliphatic rings. The van der Waals surface area contributed by atoms with Gasteiger partial charge in [0.1, 0.15) is 5.76 Å². The molecule has 33 heavy (non-hydrogen) atoms. The zero-order valence-corrected chi connectivity index (χ0v) is 18.7. The molecular weight excluding hydrogens is 432 g/mol. The molecule has 0 spiro atoms. The van der Waals surface area contributed by atoms with Crippen molar-refractivity contribution < 1.29 is 9.21 Å². The summed E-state index contributed by atoms with van der Waals surface area (Å²) in [6.45, 7) is 0. The van der Waals surface area contributed by atoms with Crippen LogP contribution in [-0.4, -0.2) is 20.7 Å². The predicted octanol–water partition coefficient (Wildman–Crippen LogP) is 5.26. The van der Waals surface area contributed by atoms with Gasteiger partial charge in [-0.2, -0.15) is 0 Å². The molecule has 0 aliphatic carbocycles. The lowest BCUT2D eigenvalue weighted by Gasteiger charge is -2.07. The van der Waals surface area contributed by atoms with Gasteiger partial charge in [-0.3, -0.25) is 4.79 Å². The maximum atomic E-state index is 12.5. The predicted molar refractivity (Wildman–Crippen MR) is 129 cm³/mol. The van der Waals surface area contributed by atoms with Gasteiger partial charge < -0.3 is 10.2 Å². The number of nitrogens with zero attached hydrogens (tertiary/aromatic N) is 3. The summed E-state index contributed by atoms with van der Waals surface area (Å²) in [5, 5.41) is 0. The van der Waals surface area contributed by atoms with E-state index in [1.165, 1.54) is 0 Å². The third-order valence-corrected chi connectivity index (χ3v) is 6.26. The van der Waals surface area contributed by atoms with E-state index in [1.807, 2.05) is 54.0 Å². The van der Waals surface area contributed by atoms with Crippen LogP contribution < -0.4 is 5.73 Å². The molecule has 3 aromatic heterocycles. The van der Waals surface area contributed by atoms with Crippen molar-refractivity contribution in [3.05, 3.63) is 106 Å². The lowest BCUT2D eigenvalue weighted by molar-refractivity contribution is 0.0981. The number of Topliss-reactive ketones (excluding diaryl/α,β-unsaturated/α-hetero) is 1. The Kier molecular flexibility index (Phi) is 5.95. The molecule has 0 saturated heterocycles. The number of hydrogen-bond acceptors (Lipinski definition) is 7. The first kappa shape index (κ1) is 21.0. The van der Waals surface area contributed by atoms with Crippen molar-refractivity contribution in [1.82, 2.24) is 15.0 Å². The molecule has 0 unspecified atom stereocenters. The standard InChI is InChI=1S/C26H22N4O2S/c27-26-29-20(15-21(30-26)13-18-5-9-23-25(14-18)33-16-28-23)12-17-3-6-19(7-4-17)24(31)10-8-22-2-1-11-32-22/h1-7,9,11,14-16H,8,10,12-13H2,(H2,27,29,30). The minimum atomic E-state index is 0.101. The summed E-state index contributed by atoms with van der Waals surface area (Å²) in [6, 6.07) is 19.6. The van der Waals surface area contributed by atoms with E-state index in [-0.39, 0.29) is 11.7 Å². The Hall–Kier alpha value is -3.84. The monoisotopic (exact) mass is 454 g/mol. The molecule has 5 aromatic rings. The number of aromatic nitrogens is 3. The van der Waals surface area contributed by atoms with Crippen molar-refractivity contribution in [2.45, 2.75) is 25.7 Å². The molecule has 0 bridgehead atoms. The Morgan fingerprint density at radius 1 is 0.939 bits per heavy atom. The van der Waals surface area contributed by atoms with Crippen LogP contribution in [0.2, 0.25) is 0 Å². The van der Waals surface area contributed by atoms with E-state index in [1.54, 1.807) is 17.6 Å². The molecule has 3 heterocycles. The van der Waals surface area contributed by atoms with Crippen molar-refractivity contribution >= 4 is 33.3 Å². The Morgan fingerprint density at radius 3 is 2.45 bits per heavy atom. The SMILES string of the molecule is Nc1nc(Cc2ccc(C(=O)CCc3ccco3)cc2)cc(Cc2ccc3ncsc3c2)n1. The number of furan rings is 1. The van der Waals surface area contributed by atoms with E-state index in [0.717, 1.165) is 38.5 Å². The highest BCUT2D eigenvalue weighted by atomic mass is 32.1. The summed E-state index contributed by atoms with van der Waals surface area (Å²) in [6.07, 6.45) is 3.95. The largest absolute Gasteiger partial charge is 0.469 e. The summed E-state index contributed by atoms with van der Waals surface area (Å²) in [5.41, 5.74) is 13.5. The van der Waals surface area contributed by atoms with E-state index >= 15 is 0 Å². The fraction of sp³-hybridized carbons (Fsp3) is 0.154. The van der Waals surface area contributed by atoms with Crippen LogP contribution in [0.3, 0.4) is 0 Å². The third kappa shape index (κ3) is 5.15. The van der Waals surface area contributed by atoms with Crippen LogP contribution >= 0.6 is 11.3 Å². The van der Waals surface area contributed by atoms with Crippen LogP contribution in [0.5, 0.6) is 0 Å². The molecule has 164 valence electrons. The molecule has 0 fully saturated rings. The number of aryl methyl sites for hydroxylation is 1. The number of thiazole rings is 1. The normalized spacial score (nSPS) is 11.2. The summed E-state index contributed by atoms with van der Waals surface area (Å²) in [4.78, 5) is 25.6. The fourth-order valence-electron chi connectivity index (χ4n) is 3.83. The zero-order chi connectivity index (χ0) is 22.6. The molecule has 7 heteroatoms. The van der Waals surface area contributed by atoms with E-state index in [9.17, 15) is 4.79 Å². The molecule has 0 amide bonds. The number of nitrogen functional groups attached to an aromatic ring is 1. The minimum absolute atomic E-state index is 0.101. The average Bonchev–Trinajstić information content (AvgIpc) is 3.49. The van der Waals surface area contributed by atoms with Crippen molar-refractivity contribution in [1.29, 1.82) is 0 Å². The number of nitrogens with two attached hydrogens (primary N) is 1. The fourth-order valence-corrected chi connectivity index (χ4v) is 4.57. The van der Waals surface area contributed by atoms with Crippen LogP contribution in [0, 0.1) is 0 Å². The molecule has 5 rings (SSSR count). The average molecular weight is 455 g/mol. The van der Waals surface area contributed by atoms with Crippen molar-refractivity contribution in [2.24, 2.45) is 0 Å². The van der Waals surface area contributed by atoms with Gasteiger partial charge in [0.05, 0.1) is 33.4 Å². The Labute approximate surface area is 195 Å². The highest BCUT2D eigenvalue weighted by molar-refractivity contribution is 7.16. The minimum Gasteiger partial charge on any atom is -0.469 e. The van der Waals surface area contributed by atoms with E-state index in [2.05, 4.69) is 27.1 Å². The number of hydrogen-bond donors (Lipinski definition) is 1. The van der Waals surface area contributed by atoms with Gasteiger partial charge in [-0.15, -0.1) is 11.3 Å². The lowest BCUT2D eigenvalue weighted by atomic mass is 10.0. The number of benzene rings is 2. The molecule has 0 saturated carbocycles. The Morgan fingerprint density at radius 2 is 1.70 bits per heavy atom. The van der Waals surface area contributed by atoms with Crippen molar-refractivity contribution in [2.75, 3.05) is 5.73 Å². The topological polar surface area (TPSA) is 94.9 Å². The molecular formula is C26H22N4O2S. The molecule has 0 radical (unpaired) electrons. The van der Waals surface area contributed by atoms with Gasteiger partial charge in [0, 0.05) is 31.2 Å². The second kappa shape index (κ2) is 9.34. The first-order valence-corrected chi connectivity index (χ1v) is 11.6. The molecule has 2 N–H and O–H groups in total. The maximum absolute atomic E-state index is 12.5. The molecule has 0 aliphatic heterocycles. The molecule has 6 nitrogen and oxygen atoms in total. The van der Waals surface area contributed by atoms with Crippen molar-refractivity contribution in [3.63, 3.8) is 0 Å². The van der Waals surface area contributed by atoms with Crippen LogP contribution in [0.4, 0.5) is 5.95 Å². The van der Waals surface area contributed by atoms with Crippen molar-refractivity contribution in [3.8, 4) is 0 Å². The molecule has 0 atom stereocenters. The number of ketones is 1. The van der Waals surface area contributed by atoms with Gasteiger partial charge in [-0.25, -0.2) is 15.0 Å². The summed E-state index contributed by atoms with van der Waals surface area (Å²) in [7, 11) is 0. The summed E-state index contributed by atoms with van der Waals surface area (Å²) < 4.78 is 6.46. The van der Waals surface area contributed by atoms with Gasteiger partial charge in [0.25, 0.3) is 0 Å². The van der Waals surface area contributed by atoms with Gasteiger partial charge >= 0.3 is 0 Å². The maximum Gasteiger partial charge on any atom is 0.220 e. The highest BCUT2D eigenvalue weighted by Gasteiger charge is 2.10. The number of fused-ring (bicyclic) bond motifs is 1. The van der Waals surface area contributed by atoms with E-state index in [4.69, 9.17) is 10.2 Å². The van der Waals surface area contributed by atoms with E-state index in [0.29, 0.717) is 31.2 Å². The lowest BCUT2D eigenvalue weighted by Crippen LogP contribution is -2.05. The Balaban J connectivity index is 1.25. The smallest absolute Gasteiger partial charge is 0.220 e. The highest BCUT2D eigenvalue weighted by Crippen LogP contribution is 2.21. The van der Waals surface area contributed by atoms with Gasteiger partial charge in [0.15, 0.2) is 5.78 Å². The van der Waals surface area contributed by atoms with Gasteiger partial charge in [0.2, 0.25) is 5.95 Å². The summed E-state index contributed by atoms with van der Waals surface area (Å²) >= 11 is 1.63. The first-order valence-electron chi connectivity index (χ1n) is 10.7. The second-order valence-corrected chi connectivity index (χ2v) is 8.80. The zero-order valence-electron chi connectivity index (χ0n) is 17.9. The Bertz CT molecular complexity index is 1390. The number of anilines is 1. The summed E-state index contributed by atoms with van der Waals surface area (Å²) in [5.74, 6) is 1.19. The third-order valence-electron chi connectivity index (χ3n) is 5.47. The second-order valence-electron chi connectivity index (χ2n) is 7.92. The van der Waals surface area contributed by atoms with Crippen LogP contribution in [0.25, 0.3) is 10.2 Å². The van der Waals surface area contributed by atoms with Crippen LogP contribution in [0.1, 0.15) is 45.1 Å². The van der Waals surface area contributed by atoms with Crippen LogP contribution in [-0.2, 0) is 19.3 Å². The quantitative estimate of drug-likeness (QED) is 0.321. The van der Waals surface area contributed by atoms with Crippen LogP contribution in [0.15, 0.2) is 76.9 Å².